The van der Waals surface area contributed by atoms with Crippen LogP contribution in [0.1, 0.15) is 18.9 Å². The predicted octanol–water partition coefficient (Wildman–Crippen LogP) is 2.38. The number of aliphatic carboxylic acids is 1. The highest BCUT2D eigenvalue weighted by Crippen LogP contribution is 2.32. The summed E-state index contributed by atoms with van der Waals surface area (Å²) >= 11 is 1.53. The Bertz CT molecular complexity index is 487. The molecule has 18 heavy (non-hydrogen) atoms. The van der Waals surface area contributed by atoms with Gasteiger partial charge in [0.05, 0.1) is 11.4 Å². The molecule has 0 saturated heterocycles. The molecule has 0 saturated carbocycles. The fourth-order valence-corrected chi connectivity index (χ4v) is 2.82. The quantitative estimate of drug-likeness (QED) is 0.877. The molecule has 5 heteroatoms. The van der Waals surface area contributed by atoms with E-state index in [1.807, 2.05) is 25.1 Å². The van der Waals surface area contributed by atoms with Gasteiger partial charge in [-0.25, -0.2) is 0 Å². The molecule has 1 aromatic rings. The van der Waals surface area contributed by atoms with Crippen LogP contribution in [0.25, 0.3) is 0 Å². The first-order valence-corrected chi connectivity index (χ1v) is 6.80. The molecule has 96 valence electrons. The van der Waals surface area contributed by atoms with Crippen LogP contribution in [0.2, 0.25) is 0 Å². The van der Waals surface area contributed by atoms with E-state index in [0.717, 1.165) is 16.1 Å². The zero-order chi connectivity index (χ0) is 13.1. The van der Waals surface area contributed by atoms with Gasteiger partial charge < -0.3 is 10.4 Å². The van der Waals surface area contributed by atoms with Crippen LogP contribution in [0.4, 0.5) is 5.69 Å². The molecule has 0 spiro atoms. The standard InChI is InChI=1S/C13H15NO3S/c1-8(5-13(16)17)4-9-2-3-11-10(6-9)14-12(15)7-18-11/h2-3,6,8H,4-5,7H2,1H3,(H,14,15)(H,16,17). The second kappa shape index (κ2) is 5.44. The highest BCUT2D eigenvalue weighted by atomic mass is 32.2. The lowest BCUT2D eigenvalue weighted by atomic mass is 9.98. The fourth-order valence-electron chi connectivity index (χ4n) is 2.03. The third kappa shape index (κ3) is 3.26. The molecule has 0 fully saturated rings. The van der Waals surface area contributed by atoms with Gasteiger partial charge in [-0.1, -0.05) is 13.0 Å². The largest absolute Gasteiger partial charge is 0.481 e. The van der Waals surface area contributed by atoms with Crippen LogP contribution in [-0.4, -0.2) is 22.7 Å². The number of carbonyl (C=O) groups is 2. The minimum atomic E-state index is -0.774. The van der Waals surface area contributed by atoms with Crippen molar-refractivity contribution in [3.8, 4) is 0 Å². The third-order valence-corrected chi connectivity index (χ3v) is 3.86. The first-order valence-electron chi connectivity index (χ1n) is 5.82. The van der Waals surface area contributed by atoms with Crippen LogP contribution in [0.15, 0.2) is 23.1 Å². The van der Waals surface area contributed by atoms with Gasteiger partial charge in [0, 0.05) is 11.3 Å². The summed E-state index contributed by atoms with van der Waals surface area (Å²) in [4.78, 5) is 23.0. The summed E-state index contributed by atoms with van der Waals surface area (Å²) in [5.41, 5.74) is 1.90. The molecule has 1 atom stereocenters. The Morgan fingerprint density at radius 3 is 3.06 bits per heavy atom. The maximum Gasteiger partial charge on any atom is 0.303 e. The van der Waals surface area contributed by atoms with Crippen molar-refractivity contribution in [1.29, 1.82) is 0 Å². The van der Waals surface area contributed by atoms with E-state index in [9.17, 15) is 9.59 Å². The zero-order valence-corrected chi connectivity index (χ0v) is 10.9. The first kappa shape index (κ1) is 13.0. The molecular weight excluding hydrogens is 250 g/mol. The maximum atomic E-state index is 11.3. The predicted molar refractivity (Wildman–Crippen MR) is 70.9 cm³/mol. The molecule has 1 aliphatic rings. The Morgan fingerprint density at radius 1 is 1.56 bits per heavy atom. The van der Waals surface area contributed by atoms with Gasteiger partial charge in [0.1, 0.15) is 0 Å². The summed E-state index contributed by atoms with van der Waals surface area (Å²) < 4.78 is 0. The molecule has 0 aromatic heterocycles. The smallest absolute Gasteiger partial charge is 0.303 e. The van der Waals surface area contributed by atoms with Crippen molar-refractivity contribution in [2.45, 2.75) is 24.7 Å². The number of thioether (sulfide) groups is 1. The lowest BCUT2D eigenvalue weighted by Gasteiger charge is -2.18. The van der Waals surface area contributed by atoms with Crippen LogP contribution in [0, 0.1) is 5.92 Å². The van der Waals surface area contributed by atoms with Gasteiger partial charge in [-0.2, -0.15) is 0 Å². The van der Waals surface area contributed by atoms with Crippen molar-refractivity contribution in [2.24, 2.45) is 5.92 Å². The van der Waals surface area contributed by atoms with E-state index in [4.69, 9.17) is 5.11 Å². The van der Waals surface area contributed by atoms with E-state index in [-0.39, 0.29) is 18.2 Å². The van der Waals surface area contributed by atoms with Crippen molar-refractivity contribution in [3.05, 3.63) is 23.8 Å². The molecule has 0 aliphatic carbocycles. The monoisotopic (exact) mass is 265 g/mol. The maximum absolute atomic E-state index is 11.3. The molecule has 2 rings (SSSR count). The Hall–Kier alpha value is -1.49. The van der Waals surface area contributed by atoms with E-state index in [0.29, 0.717) is 12.2 Å². The summed E-state index contributed by atoms with van der Waals surface area (Å²) in [7, 11) is 0. The van der Waals surface area contributed by atoms with Gasteiger partial charge in [0.2, 0.25) is 5.91 Å². The van der Waals surface area contributed by atoms with Crippen LogP contribution >= 0.6 is 11.8 Å². The van der Waals surface area contributed by atoms with Gasteiger partial charge >= 0.3 is 5.97 Å². The molecule has 1 heterocycles. The molecule has 1 aromatic carbocycles. The van der Waals surface area contributed by atoms with Crippen molar-refractivity contribution < 1.29 is 14.7 Å². The highest BCUT2D eigenvalue weighted by molar-refractivity contribution is 8.00. The molecule has 2 N–H and O–H groups in total. The van der Waals surface area contributed by atoms with Crippen LogP contribution < -0.4 is 5.32 Å². The number of carbonyl (C=O) groups excluding carboxylic acids is 1. The third-order valence-electron chi connectivity index (χ3n) is 2.78. The number of amides is 1. The summed E-state index contributed by atoms with van der Waals surface area (Å²) in [5, 5.41) is 11.6. The summed E-state index contributed by atoms with van der Waals surface area (Å²) in [6.07, 6.45) is 0.873. The number of hydrogen-bond acceptors (Lipinski definition) is 3. The molecule has 0 radical (unpaired) electrons. The lowest BCUT2D eigenvalue weighted by Crippen LogP contribution is -2.18. The Balaban J connectivity index is 2.08. The fraction of sp³-hybridized carbons (Fsp3) is 0.385. The Kier molecular flexibility index (Phi) is 3.91. The highest BCUT2D eigenvalue weighted by Gasteiger charge is 2.16. The van der Waals surface area contributed by atoms with Crippen LogP contribution in [-0.2, 0) is 16.0 Å². The van der Waals surface area contributed by atoms with Crippen molar-refractivity contribution in [2.75, 3.05) is 11.1 Å². The zero-order valence-electron chi connectivity index (χ0n) is 10.1. The van der Waals surface area contributed by atoms with Crippen LogP contribution in [0.3, 0.4) is 0 Å². The number of hydrogen-bond donors (Lipinski definition) is 2. The SMILES string of the molecule is CC(CC(=O)O)Cc1ccc2c(c1)NC(=O)CS2. The van der Waals surface area contributed by atoms with Crippen molar-refractivity contribution in [3.63, 3.8) is 0 Å². The number of rotatable bonds is 4. The molecule has 1 unspecified atom stereocenters. The molecular formula is C13H15NO3S. The minimum absolute atomic E-state index is 0.0169. The van der Waals surface area contributed by atoms with Gasteiger partial charge in [-0.15, -0.1) is 11.8 Å². The number of anilines is 1. The van der Waals surface area contributed by atoms with Gasteiger partial charge in [-0.05, 0) is 30.0 Å². The molecule has 1 amide bonds. The van der Waals surface area contributed by atoms with E-state index >= 15 is 0 Å². The summed E-state index contributed by atoms with van der Waals surface area (Å²) in [6.45, 7) is 1.92. The lowest BCUT2D eigenvalue weighted by molar-refractivity contribution is -0.137. The minimum Gasteiger partial charge on any atom is -0.481 e. The number of carboxylic acid groups (broad SMARTS) is 1. The van der Waals surface area contributed by atoms with E-state index < -0.39 is 5.97 Å². The summed E-state index contributed by atoms with van der Waals surface area (Å²) in [5.74, 6) is -0.207. The van der Waals surface area contributed by atoms with Crippen LogP contribution in [0.5, 0.6) is 0 Å². The number of benzene rings is 1. The number of nitrogens with one attached hydrogen (secondary N) is 1. The van der Waals surface area contributed by atoms with Gasteiger partial charge in [0.15, 0.2) is 0 Å². The Morgan fingerprint density at radius 2 is 2.33 bits per heavy atom. The Labute approximate surface area is 110 Å². The van der Waals surface area contributed by atoms with Gasteiger partial charge in [0.25, 0.3) is 0 Å². The summed E-state index contributed by atoms with van der Waals surface area (Å²) in [6, 6.07) is 5.93. The molecule has 1 aliphatic heterocycles. The first-order chi connectivity index (χ1) is 8.54. The normalized spacial score (nSPS) is 15.7. The van der Waals surface area contributed by atoms with Crippen molar-refractivity contribution in [1.82, 2.24) is 0 Å². The molecule has 0 bridgehead atoms. The van der Waals surface area contributed by atoms with Crippen molar-refractivity contribution >= 4 is 29.3 Å². The number of carboxylic acids is 1. The number of fused-ring (bicyclic) bond motifs is 1. The second-order valence-electron chi connectivity index (χ2n) is 4.57. The van der Waals surface area contributed by atoms with E-state index in [1.54, 1.807) is 0 Å². The van der Waals surface area contributed by atoms with E-state index in [1.165, 1.54) is 11.8 Å². The average molecular weight is 265 g/mol. The average Bonchev–Trinajstić information content (AvgIpc) is 2.27. The molecule has 4 nitrogen and oxygen atoms in total. The topological polar surface area (TPSA) is 66.4 Å². The van der Waals surface area contributed by atoms with E-state index in [2.05, 4.69) is 5.32 Å². The second-order valence-corrected chi connectivity index (χ2v) is 5.59. The van der Waals surface area contributed by atoms with Gasteiger partial charge in [-0.3, -0.25) is 9.59 Å².